The molecular weight excluding hydrogens is 491 g/mol. The van der Waals surface area contributed by atoms with Crippen molar-refractivity contribution >= 4 is 5.69 Å². The van der Waals surface area contributed by atoms with Crippen molar-refractivity contribution < 1.29 is 39.9 Å². The molecule has 2 aromatic rings. The van der Waals surface area contributed by atoms with Crippen LogP contribution in [0.15, 0.2) is 54.6 Å². The van der Waals surface area contributed by atoms with Crippen LogP contribution in [0.25, 0.3) is 0 Å². The molecule has 6 heteroatoms. The first-order valence-corrected chi connectivity index (χ1v) is 10.6. The van der Waals surface area contributed by atoms with Gasteiger partial charge in [-0.05, 0) is 64.8 Å². The maximum atomic E-state index is 8.56. The summed E-state index contributed by atoms with van der Waals surface area (Å²) in [6.45, 7) is 6.64. The van der Waals surface area contributed by atoms with Crippen LogP contribution in [0.1, 0.15) is 51.7 Å². The van der Waals surface area contributed by atoms with Crippen molar-refractivity contribution in [2.24, 2.45) is 0 Å². The van der Waals surface area contributed by atoms with Crippen LogP contribution in [0.4, 0.5) is 5.69 Å². The molecule has 5 nitrogen and oxygen atoms in total. The Bertz CT molecular complexity index is 740. The molecule has 0 aromatic heterocycles. The Kier molecular flexibility index (Phi) is 19.1. The van der Waals surface area contributed by atoms with Crippen molar-refractivity contribution in [3.8, 4) is 11.8 Å². The van der Waals surface area contributed by atoms with E-state index in [2.05, 4.69) is 22.8 Å². The number of rotatable bonds is 5. The summed E-state index contributed by atoms with van der Waals surface area (Å²) in [5.41, 5.74) is 3.25. The standard InChI is InChI=1S/C16H15N.2C5H12O2.Ru/c1-17(2)16-11-7-6-10-15(16)13-12-14-8-4-3-5-9-14;2*1-4(6)3-5(2)7;/h3-11H,1-2H3;2*4-7H,3H2,1-2H3;/q;;;+1. The second kappa shape index (κ2) is 18.8. The Labute approximate surface area is 206 Å². The Hall–Kier alpha value is -1.74. The largest absolute Gasteiger partial charge is 1.00 e. The molecule has 179 valence electrons. The summed E-state index contributed by atoms with van der Waals surface area (Å²) in [4.78, 5) is 2.08. The molecule has 0 bridgehead atoms. The Morgan fingerprint density at radius 3 is 1.44 bits per heavy atom. The zero-order chi connectivity index (χ0) is 23.8. The average Bonchev–Trinajstić information content (AvgIpc) is 2.66. The minimum Gasteiger partial charge on any atom is -0.393 e. The molecule has 0 amide bonds. The zero-order valence-electron chi connectivity index (χ0n) is 20.0. The molecule has 0 saturated heterocycles. The quantitative estimate of drug-likeness (QED) is 0.352. The van der Waals surface area contributed by atoms with Gasteiger partial charge in [0.2, 0.25) is 0 Å². The van der Waals surface area contributed by atoms with E-state index in [0.717, 1.165) is 16.8 Å². The van der Waals surface area contributed by atoms with Crippen molar-refractivity contribution in [1.82, 2.24) is 0 Å². The summed E-state index contributed by atoms with van der Waals surface area (Å²) in [5, 5.41) is 34.3. The molecule has 1 radical (unpaired) electrons. The van der Waals surface area contributed by atoms with E-state index in [1.165, 1.54) is 0 Å². The van der Waals surface area contributed by atoms with E-state index >= 15 is 0 Å². The van der Waals surface area contributed by atoms with E-state index in [1.807, 2.05) is 62.6 Å². The van der Waals surface area contributed by atoms with Crippen LogP contribution in [0.5, 0.6) is 0 Å². The average molecular weight is 531 g/mol. The molecule has 4 N–H and O–H groups in total. The maximum absolute atomic E-state index is 8.56. The van der Waals surface area contributed by atoms with Gasteiger partial charge in [-0.2, -0.15) is 0 Å². The maximum Gasteiger partial charge on any atom is 1.00 e. The SMILES string of the molecule is CC(O)CC(C)O.CC(O)CC(C)O.CN(C)c1ccccc1C#Cc1ccccc1.[Ru+]. The van der Waals surface area contributed by atoms with Gasteiger partial charge in [-0.25, -0.2) is 0 Å². The third-order valence-electron chi connectivity index (χ3n) is 3.87. The first-order valence-electron chi connectivity index (χ1n) is 10.6. The zero-order valence-corrected chi connectivity index (χ0v) is 21.7. The van der Waals surface area contributed by atoms with Gasteiger partial charge in [0.1, 0.15) is 0 Å². The van der Waals surface area contributed by atoms with Crippen LogP contribution in [-0.2, 0) is 19.5 Å². The molecule has 0 aliphatic carbocycles. The van der Waals surface area contributed by atoms with Crippen LogP contribution in [0, 0.1) is 11.8 Å². The molecule has 0 spiro atoms. The number of benzene rings is 2. The third kappa shape index (κ3) is 17.9. The van der Waals surface area contributed by atoms with Crippen LogP contribution in [0.2, 0.25) is 0 Å². The molecule has 4 atom stereocenters. The third-order valence-corrected chi connectivity index (χ3v) is 3.87. The molecule has 32 heavy (non-hydrogen) atoms. The molecule has 0 saturated carbocycles. The molecule has 0 aliphatic heterocycles. The Morgan fingerprint density at radius 2 is 1.06 bits per heavy atom. The van der Waals surface area contributed by atoms with Gasteiger partial charge in [-0.3, -0.25) is 0 Å². The van der Waals surface area contributed by atoms with Gasteiger partial charge in [-0.1, -0.05) is 42.2 Å². The fraction of sp³-hybridized carbons (Fsp3) is 0.462. The molecule has 2 rings (SSSR count). The minimum atomic E-state index is -0.375. The first-order chi connectivity index (χ1) is 14.5. The van der Waals surface area contributed by atoms with E-state index in [4.69, 9.17) is 20.4 Å². The van der Waals surface area contributed by atoms with Gasteiger partial charge >= 0.3 is 19.5 Å². The number of anilines is 1. The summed E-state index contributed by atoms with van der Waals surface area (Å²) < 4.78 is 0. The predicted octanol–water partition coefficient (Wildman–Crippen LogP) is 3.43. The van der Waals surface area contributed by atoms with Crippen molar-refractivity contribution in [2.45, 2.75) is 65.0 Å². The first kappa shape index (κ1) is 32.4. The monoisotopic (exact) mass is 531 g/mol. The second-order valence-corrected chi connectivity index (χ2v) is 7.90. The van der Waals surface area contributed by atoms with Crippen LogP contribution >= 0.6 is 0 Å². The summed E-state index contributed by atoms with van der Waals surface area (Å²) >= 11 is 0. The molecule has 4 unspecified atom stereocenters. The van der Waals surface area contributed by atoms with Gasteiger partial charge in [0.05, 0.1) is 30.1 Å². The molecule has 0 aliphatic rings. The van der Waals surface area contributed by atoms with E-state index in [9.17, 15) is 0 Å². The van der Waals surface area contributed by atoms with Gasteiger partial charge in [-0.15, -0.1) is 0 Å². The van der Waals surface area contributed by atoms with Crippen molar-refractivity contribution in [1.29, 1.82) is 0 Å². The second-order valence-electron chi connectivity index (χ2n) is 7.90. The number of hydrogen-bond acceptors (Lipinski definition) is 5. The normalized spacial score (nSPS) is 13.2. The number of aliphatic hydroxyl groups excluding tert-OH is 4. The fourth-order valence-electron chi connectivity index (χ4n) is 2.62. The van der Waals surface area contributed by atoms with E-state index in [1.54, 1.807) is 27.7 Å². The Balaban J connectivity index is 0. The topological polar surface area (TPSA) is 84.2 Å². The number of hydrogen-bond donors (Lipinski definition) is 4. The van der Waals surface area contributed by atoms with Crippen LogP contribution in [-0.4, -0.2) is 58.9 Å². The smallest absolute Gasteiger partial charge is 0.393 e. The van der Waals surface area contributed by atoms with Crippen molar-refractivity contribution in [2.75, 3.05) is 19.0 Å². The van der Waals surface area contributed by atoms with E-state index in [0.29, 0.717) is 12.8 Å². The van der Waals surface area contributed by atoms with E-state index in [-0.39, 0.29) is 43.9 Å². The van der Waals surface area contributed by atoms with Crippen LogP contribution in [0.3, 0.4) is 0 Å². The number of nitrogens with zero attached hydrogens (tertiary/aromatic N) is 1. The van der Waals surface area contributed by atoms with Gasteiger partial charge in [0.15, 0.2) is 0 Å². The molecular formula is C26H39NO4Ru+. The Morgan fingerprint density at radius 1 is 0.656 bits per heavy atom. The van der Waals surface area contributed by atoms with Gasteiger partial charge < -0.3 is 25.3 Å². The summed E-state index contributed by atoms with van der Waals surface area (Å²) in [7, 11) is 4.06. The van der Waals surface area contributed by atoms with Gasteiger partial charge in [0, 0.05) is 25.2 Å². The summed E-state index contributed by atoms with van der Waals surface area (Å²) in [6, 6.07) is 18.2. The minimum absolute atomic E-state index is 0. The fourth-order valence-corrected chi connectivity index (χ4v) is 2.62. The molecule has 0 heterocycles. The van der Waals surface area contributed by atoms with Crippen molar-refractivity contribution in [3.63, 3.8) is 0 Å². The van der Waals surface area contributed by atoms with Crippen molar-refractivity contribution in [3.05, 3.63) is 65.7 Å². The summed E-state index contributed by atoms with van der Waals surface area (Å²) in [5.74, 6) is 6.40. The number of para-hydroxylation sites is 1. The van der Waals surface area contributed by atoms with E-state index < -0.39 is 0 Å². The molecule has 2 aromatic carbocycles. The molecule has 0 fully saturated rings. The summed E-state index contributed by atoms with van der Waals surface area (Å²) in [6.07, 6.45) is -0.556. The predicted molar refractivity (Wildman–Crippen MR) is 129 cm³/mol. The van der Waals surface area contributed by atoms with Gasteiger partial charge in [0.25, 0.3) is 0 Å². The van der Waals surface area contributed by atoms with Crippen LogP contribution < -0.4 is 4.90 Å². The number of aliphatic hydroxyl groups is 4.